The Morgan fingerprint density at radius 2 is 2.18 bits per heavy atom. The Labute approximate surface area is 134 Å². The standard InChI is InChI=1S/C13H19N5O2S2/c1-5-8-17(22(19,20)12-7-6-9-21-12)10-11-14-16-18(15-11)13(2,3)4/h5-7,9H,1,8,10H2,2-4H3. The minimum atomic E-state index is -3.58. The normalized spacial score (nSPS) is 12.7. The molecule has 0 aromatic carbocycles. The van der Waals surface area contributed by atoms with Gasteiger partial charge in [0, 0.05) is 6.54 Å². The zero-order chi connectivity index (χ0) is 16.4. The van der Waals surface area contributed by atoms with Crippen molar-refractivity contribution in [1.82, 2.24) is 24.5 Å². The van der Waals surface area contributed by atoms with Crippen LogP contribution >= 0.6 is 11.3 Å². The van der Waals surface area contributed by atoms with E-state index < -0.39 is 10.0 Å². The maximum Gasteiger partial charge on any atom is 0.253 e. The van der Waals surface area contributed by atoms with Crippen LogP contribution in [0.1, 0.15) is 26.6 Å². The van der Waals surface area contributed by atoms with Crippen LogP contribution < -0.4 is 0 Å². The van der Waals surface area contributed by atoms with Gasteiger partial charge in [0.1, 0.15) is 4.21 Å². The fourth-order valence-corrected chi connectivity index (χ4v) is 4.19. The lowest BCUT2D eigenvalue weighted by atomic mass is 10.1. The van der Waals surface area contributed by atoms with E-state index >= 15 is 0 Å². The SMILES string of the molecule is C=CCN(Cc1nnn(C(C)(C)C)n1)S(=O)(=O)c1cccs1. The molecule has 2 aromatic rings. The zero-order valence-electron chi connectivity index (χ0n) is 12.8. The Balaban J connectivity index is 2.26. The number of rotatable bonds is 6. The summed E-state index contributed by atoms with van der Waals surface area (Å²) in [6.07, 6.45) is 1.54. The second kappa shape index (κ2) is 6.27. The van der Waals surface area contributed by atoms with Crippen LogP contribution in [0.15, 0.2) is 34.4 Å². The van der Waals surface area contributed by atoms with Gasteiger partial charge < -0.3 is 0 Å². The van der Waals surface area contributed by atoms with E-state index in [-0.39, 0.29) is 22.8 Å². The van der Waals surface area contributed by atoms with E-state index in [1.54, 1.807) is 23.6 Å². The van der Waals surface area contributed by atoms with Crippen molar-refractivity contribution in [2.75, 3.05) is 6.54 Å². The lowest BCUT2D eigenvalue weighted by Crippen LogP contribution is -2.31. The first kappa shape index (κ1) is 16.8. The summed E-state index contributed by atoms with van der Waals surface area (Å²) in [7, 11) is -3.58. The molecule has 22 heavy (non-hydrogen) atoms. The van der Waals surface area contributed by atoms with E-state index in [0.29, 0.717) is 5.82 Å². The van der Waals surface area contributed by atoms with Crippen LogP contribution in [0.5, 0.6) is 0 Å². The van der Waals surface area contributed by atoms with Gasteiger partial charge in [0.25, 0.3) is 10.0 Å². The predicted molar refractivity (Wildman–Crippen MR) is 84.9 cm³/mol. The number of nitrogens with zero attached hydrogens (tertiary/aromatic N) is 5. The van der Waals surface area contributed by atoms with Gasteiger partial charge in [0.2, 0.25) is 0 Å². The quantitative estimate of drug-likeness (QED) is 0.749. The van der Waals surface area contributed by atoms with Gasteiger partial charge in [-0.1, -0.05) is 12.1 Å². The molecular formula is C13H19N5O2S2. The molecule has 0 amide bonds. The van der Waals surface area contributed by atoms with Crippen LogP contribution in [0.4, 0.5) is 0 Å². The Kier molecular flexibility index (Phi) is 4.78. The molecule has 0 fully saturated rings. The molecule has 2 rings (SSSR count). The highest BCUT2D eigenvalue weighted by Gasteiger charge is 2.27. The lowest BCUT2D eigenvalue weighted by molar-refractivity contribution is 0.304. The Bertz CT molecular complexity index is 729. The van der Waals surface area contributed by atoms with Gasteiger partial charge in [0.15, 0.2) is 5.82 Å². The summed E-state index contributed by atoms with van der Waals surface area (Å²) in [5.74, 6) is 0.358. The number of thiophene rings is 1. The largest absolute Gasteiger partial charge is 0.253 e. The molecule has 2 heterocycles. The van der Waals surface area contributed by atoms with E-state index in [0.717, 1.165) is 0 Å². The third-order valence-corrected chi connectivity index (χ3v) is 5.98. The summed E-state index contributed by atoms with van der Waals surface area (Å²) in [6, 6.07) is 3.29. The average Bonchev–Trinajstić information content (AvgIpc) is 3.09. The number of aromatic nitrogens is 4. The Morgan fingerprint density at radius 3 is 2.68 bits per heavy atom. The highest BCUT2D eigenvalue weighted by Crippen LogP contribution is 2.22. The fraction of sp³-hybridized carbons (Fsp3) is 0.462. The highest BCUT2D eigenvalue weighted by atomic mass is 32.2. The third-order valence-electron chi connectivity index (χ3n) is 2.79. The van der Waals surface area contributed by atoms with Crippen LogP contribution in [0.25, 0.3) is 0 Å². The summed E-state index contributed by atoms with van der Waals surface area (Å²) in [6.45, 7) is 9.70. The van der Waals surface area contributed by atoms with Gasteiger partial charge in [-0.2, -0.15) is 9.10 Å². The topological polar surface area (TPSA) is 81.0 Å². The number of hydrogen-bond acceptors (Lipinski definition) is 6. The van der Waals surface area contributed by atoms with Crippen molar-refractivity contribution in [1.29, 1.82) is 0 Å². The van der Waals surface area contributed by atoms with Crippen molar-refractivity contribution in [3.63, 3.8) is 0 Å². The molecule has 0 aliphatic rings. The minimum absolute atomic E-state index is 0.0579. The second-order valence-electron chi connectivity index (χ2n) is 5.68. The zero-order valence-corrected chi connectivity index (χ0v) is 14.4. The molecule has 0 saturated heterocycles. The predicted octanol–water partition coefficient (Wildman–Crippen LogP) is 1.87. The Morgan fingerprint density at radius 1 is 1.45 bits per heavy atom. The van der Waals surface area contributed by atoms with Crippen LogP contribution in [-0.2, 0) is 22.1 Å². The smallest absolute Gasteiger partial charge is 0.206 e. The second-order valence-corrected chi connectivity index (χ2v) is 8.80. The van der Waals surface area contributed by atoms with Crippen LogP contribution in [-0.4, -0.2) is 39.5 Å². The van der Waals surface area contributed by atoms with Gasteiger partial charge in [-0.25, -0.2) is 8.42 Å². The molecule has 0 atom stereocenters. The van der Waals surface area contributed by atoms with Crippen molar-refractivity contribution in [3.8, 4) is 0 Å². The molecule has 9 heteroatoms. The first-order valence-electron chi connectivity index (χ1n) is 6.69. The monoisotopic (exact) mass is 341 g/mol. The molecule has 0 bridgehead atoms. The van der Waals surface area contributed by atoms with Gasteiger partial charge in [0.05, 0.1) is 12.1 Å². The molecule has 0 aliphatic heterocycles. The molecule has 0 saturated carbocycles. The first-order chi connectivity index (χ1) is 10.2. The van der Waals surface area contributed by atoms with E-state index in [4.69, 9.17) is 0 Å². The van der Waals surface area contributed by atoms with Gasteiger partial charge in [-0.15, -0.1) is 28.1 Å². The van der Waals surface area contributed by atoms with Gasteiger partial charge >= 0.3 is 0 Å². The van der Waals surface area contributed by atoms with Crippen molar-refractivity contribution in [3.05, 3.63) is 36.0 Å². The number of hydrogen-bond donors (Lipinski definition) is 0. The lowest BCUT2D eigenvalue weighted by Gasteiger charge is -2.18. The highest BCUT2D eigenvalue weighted by molar-refractivity contribution is 7.91. The fourth-order valence-electron chi connectivity index (χ4n) is 1.68. The number of tetrazole rings is 1. The maximum atomic E-state index is 12.6. The Hall–Kier alpha value is -1.58. The van der Waals surface area contributed by atoms with Crippen molar-refractivity contribution >= 4 is 21.4 Å². The van der Waals surface area contributed by atoms with E-state index in [1.165, 1.54) is 20.4 Å². The molecule has 0 radical (unpaired) electrons. The van der Waals surface area contributed by atoms with Gasteiger partial charge in [-0.05, 0) is 37.4 Å². The summed E-state index contributed by atoms with van der Waals surface area (Å²) < 4.78 is 26.8. The first-order valence-corrected chi connectivity index (χ1v) is 9.01. The van der Waals surface area contributed by atoms with Crippen LogP contribution in [0.2, 0.25) is 0 Å². The maximum absolute atomic E-state index is 12.6. The summed E-state index contributed by atoms with van der Waals surface area (Å²) in [4.78, 5) is 1.48. The van der Waals surface area contributed by atoms with Crippen molar-refractivity contribution < 1.29 is 8.42 Å². The summed E-state index contributed by atoms with van der Waals surface area (Å²) in [5.41, 5.74) is -0.304. The van der Waals surface area contributed by atoms with E-state index in [9.17, 15) is 8.42 Å². The van der Waals surface area contributed by atoms with E-state index in [2.05, 4.69) is 22.0 Å². The molecular weight excluding hydrogens is 322 g/mol. The minimum Gasteiger partial charge on any atom is -0.206 e. The molecule has 0 aliphatic carbocycles. The average molecular weight is 341 g/mol. The van der Waals surface area contributed by atoms with Crippen LogP contribution in [0.3, 0.4) is 0 Å². The molecule has 120 valence electrons. The van der Waals surface area contributed by atoms with Gasteiger partial charge in [-0.3, -0.25) is 0 Å². The van der Waals surface area contributed by atoms with Crippen LogP contribution in [0, 0.1) is 0 Å². The molecule has 0 unspecified atom stereocenters. The molecule has 2 aromatic heterocycles. The van der Waals surface area contributed by atoms with Crippen molar-refractivity contribution in [2.45, 2.75) is 37.1 Å². The molecule has 0 N–H and O–H groups in total. The third kappa shape index (κ3) is 3.60. The van der Waals surface area contributed by atoms with E-state index in [1.807, 2.05) is 20.8 Å². The molecule has 0 spiro atoms. The number of sulfonamides is 1. The summed E-state index contributed by atoms with van der Waals surface area (Å²) in [5, 5.41) is 13.9. The van der Waals surface area contributed by atoms with Crippen molar-refractivity contribution in [2.24, 2.45) is 0 Å². The summed E-state index contributed by atoms with van der Waals surface area (Å²) >= 11 is 1.18. The molecule has 7 nitrogen and oxygen atoms in total.